The van der Waals surface area contributed by atoms with Gasteiger partial charge in [-0.05, 0) is 26.2 Å². The minimum absolute atomic E-state index is 0.235. The van der Waals surface area contributed by atoms with Crippen LogP contribution in [0.2, 0.25) is 0 Å². The van der Waals surface area contributed by atoms with Gasteiger partial charge in [-0.2, -0.15) is 0 Å². The zero-order valence-corrected chi connectivity index (χ0v) is 25.2. The standard InChI is InChI=1S/C28H58O11/c1-27(2)5-6-29-7-8-30-9-10-31-11-12-32-13-14-33-15-16-34-17-18-35-19-20-36-21-22-37-23-24-38-25-26-39-28(3)4/h27-28H,5-26H2,1-4H3. The summed E-state index contributed by atoms with van der Waals surface area (Å²) in [6.07, 6.45) is 1.32. The van der Waals surface area contributed by atoms with Gasteiger partial charge in [-0.1, -0.05) is 13.8 Å². The van der Waals surface area contributed by atoms with E-state index in [9.17, 15) is 0 Å². The van der Waals surface area contributed by atoms with Crippen molar-refractivity contribution in [3.63, 3.8) is 0 Å². The Bertz CT molecular complexity index is 404. The number of ether oxygens (including phenoxy) is 11. The molecule has 0 N–H and O–H groups in total. The fourth-order valence-corrected chi connectivity index (χ4v) is 2.74. The first-order valence-corrected chi connectivity index (χ1v) is 14.5. The van der Waals surface area contributed by atoms with Crippen molar-refractivity contribution in [3.8, 4) is 0 Å². The minimum Gasteiger partial charge on any atom is -0.379 e. The predicted octanol–water partition coefficient (Wildman–Crippen LogP) is 2.62. The molecule has 11 nitrogen and oxygen atoms in total. The topological polar surface area (TPSA) is 102 Å². The van der Waals surface area contributed by atoms with Crippen molar-refractivity contribution in [3.05, 3.63) is 0 Å². The third-order valence-corrected chi connectivity index (χ3v) is 4.87. The Morgan fingerprint density at radius 3 is 0.692 bits per heavy atom. The normalized spacial score (nSPS) is 11.8. The summed E-state index contributed by atoms with van der Waals surface area (Å²) >= 11 is 0. The smallest absolute Gasteiger partial charge is 0.0703 e. The van der Waals surface area contributed by atoms with E-state index >= 15 is 0 Å². The molecule has 0 heterocycles. The van der Waals surface area contributed by atoms with Crippen LogP contribution in [0.15, 0.2) is 0 Å². The van der Waals surface area contributed by atoms with Crippen LogP contribution in [0.5, 0.6) is 0 Å². The maximum Gasteiger partial charge on any atom is 0.0703 e. The summed E-state index contributed by atoms with van der Waals surface area (Å²) < 4.78 is 59.9. The van der Waals surface area contributed by atoms with Crippen molar-refractivity contribution in [1.82, 2.24) is 0 Å². The molecular weight excluding hydrogens is 512 g/mol. The molecule has 39 heavy (non-hydrogen) atoms. The average molecular weight is 571 g/mol. The third kappa shape index (κ3) is 37.6. The Labute approximate surface area is 237 Å². The van der Waals surface area contributed by atoms with E-state index in [0.717, 1.165) is 13.0 Å². The summed E-state index contributed by atoms with van der Waals surface area (Å²) in [6, 6.07) is 0. The molecule has 0 aliphatic heterocycles. The summed E-state index contributed by atoms with van der Waals surface area (Å²) in [4.78, 5) is 0. The molecular formula is C28H58O11. The Morgan fingerprint density at radius 1 is 0.282 bits per heavy atom. The van der Waals surface area contributed by atoms with E-state index in [1.54, 1.807) is 0 Å². The molecule has 0 aromatic rings. The van der Waals surface area contributed by atoms with Crippen molar-refractivity contribution < 1.29 is 52.1 Å². The highest BCUT2D eigenvalue weighted by Crippen LogP contribution is 1.98. The maximum absolute atomic E-state index is 5.49. The second kappa shape index (κ2) is 33.8. The van der Waals surface area contributed by atoms with Gasteiger partial charge in [0.1, 0.15) is 0 Å². The minimum atomic E-state index is 0.235. The summed E-state index contributed by atoms with van der Waals surface area (Å²) in [5, 5.41) is 0. The van der Waals surface area contributed by atoms with Crippen LogP contribution in [0, 0.1) is 5.92 Å². The Balaban J connectivity index is 3.03. The van der Waals surface area contributed by atoms with Gasteiger partial charge in [0.05, 0.1) is 138 Å². The Kier molecular flexibility index (Phi) is 33.4. The van der Waals surface area contributed by atoms with Crippen molar-refractivity contribution >= 4 is 0 Å². The van der Waals surface area contributed by atoms with Crippen LogP contribution in [0.25, 0.3) is 0 Å². The molecule has 0 saturated heterocycles. The van der Waals surface area contributed by atoms with Gasteiger partial charge in [0.15, 0.2) is 0 Å². The molecule has 0 aliphatic carbocycles. The van der Waals surface area contributed by atoms with Gasteiger partial charge in [-0.25, -0.2) is 0 Å². The molecule has 0 amide bonds. The van der Waals surface area contributed by atoms with E-state index in [4.69, 9.17) is 52.1 Å². The SMILES string of the molecule is CC(C)CCOCCOCCOCCOCCOCCOCCOCCOCCOCCOCCOC(C)C. The van der Waals surface area contributed by atoms with Crippen molar-refractivity contribution in [1.29, 1.82) is 0 Å². The molecule has 0 radical (unpaired) electrons. The highest BCUT2D eigenvalue weighted by molar-refractivity contribution is 4.43. The van der Waals surface area contributed by atoms with Crippen LogP contribution in [-0.2, 0) is 52.1 Å². The summed E-state index contributed by atoms with van der Waals surface area (Å²) in [5.41, 5.74) is 0. The van der Waals surface area contributed by atoms with E-state index in [0.29, 0.717) is 138 Å². The van der Waals surface area contributed by atoms with E-state index in [1.807, 2.05) is 13.8 Å². The molecule has 0 unspecified atom stereocenters. The summed E-state index contributed by atoms with van der Waals surface area (Å²) in [7, 11) is 0. The summed E-state index contributed by atoms with van der Waals surface area (Å²) in [6.45, 7) is 20.2. The zero-order valence-electron chi connectivity index (χ0n) is 25.2. The lowest BCUT2D eigenvalue weighted by molar-refractivity contribution is -0.0287. The quantitative estimate of drug-likeness (QED) is 0.107. The second-order valence-electron chi connectivity index (χ2n) is 9.23. The van der Waals surface area contributed by atoms with Crippen LogP contribution >= 0.6 is 0 Å². The highest BCUT2D eigenvalue weighted by atomic mass is 16.6. The van der Waals surface area contributed by atoms with Crippen molar-refractivity contribution in [2.24, 2.45) is 5.92 Å². The molecule has 0 atom stereocenters. The molecule has 0 aromatic heterocycles. The largest absolute Gasteiger partial charge is 0.379 e. The lowest BCUT2D eigenvalue weighted by Gasteiger charge is -2.09. The van der Waals surface area contributed by atoms with Gasteiger partial charge >= 0.3 is 0 Å². The van der Waals surface area contributed by atoms with Crippen molar-refractivity contribution in [2.45, 2.75) is 40.2 Å². The van der Waals surface area contributed by atoms with E-state index in [2.05, 4.69) is 13.8 Å². The third-order valence-electron chi connectivity index (χ3n) is 4.87. The van der Waals surface area contributed by atoms with Gasteiger partial charge in [-0.15, -0.1) is 0 Å². The van der Waals surface area contributed by atoms with Crippen LogP contribution < -0.4 is 0 Å². The van der Waals surface area contributed by atoms with E-state index in [1.165, 1.54) is 0 Å². The molecule has 11 heteroatoms. The number of hydrogen-bond acceptors (Lipinski definition) is 11. The number of rotatable bonds is 34. The molecule has 0 bridgehead atoms. The molecule has 0 aromatic carbocycles. The van der Waals surface area contributed by atoms with Gasteiger partial charge in [0.2, 0.25) is 0 Å². The molecule has 0 rings (SSSR count). The first-order valence-electron chi connectivity index (χ1n) is 14.5. The highest BCUT2D eigenvalue weighted by Gasteiger charge is 1.97. The number of hydrogen-bond donors (Lipinski definition) is 0. The van der Waals surface area contributed by atoms with Crippen LogP contribution in [0.3, 0.4) is 0 Å². The van der Waals surface area contributed by atoms with Gasteiger partial charge in [-0.3, -0.25) is 0 Å². The molecule has 0 fully saturated rings. The fourth-order valence-electron chi connectivity index (χ4n) is 2.74. The summed E-state index contributed by atoms with van der Waals surface area (Å²) in [5.74, 6) is 0.672. The molecule has 236 valence electrons. The van der Waals surface area contributed by atoms with Crippen molar-refractivity contribution in [2.75, 3.05) is 139 Å². The van der Waals surface area contributed by atoms with Gasteiger partial charge in [0.25, 0.3) is 0 Å². The van der Waals surface area contributed by atoms with E-state index < -0.39 is 0 Å². The predicted molar refractivity (Wildman–Crippen MR) is 149 cm³/mol. The Hall–Kier alpha value is -0.440. The lowest BCUT2D eigenvalue weighted by Crippen LogP contribution is -2.15. The fraction of sp³-hybridized carbons (Fsp3) is 1.00. The van der Waals surface area contributed by atoms with Crippen LogP contribution in [0.1, 0.15) is 34.1 Å². The van der Waals surface area contributed by atoms with Gasteiger partial charge < -0.3 is 52.1 Å². The molecule has 0 spiro atoms. The molecule has 0 aliphatic rings. The van der Waals surface area contributed by atoms with Crippen LogP contribution in [0.4, 0.5) is 0 Å². The van der Waals surface area contributed by atoms with Gasteiger partial charge in [0, 0.05) is 6.61 Å². The lowest BCUT2D eigenvalue weighted by atomic mass is 10.1. The average Bonchev–Trinajstić information content (AvgIpc) is 2.91. The second-order valence-corrected chi connectivity index (χ2v) is 9.23. The monoisotopic (exact) mass is 570 g/mol. The molecule has 0 saturated carbocycles. The first-order chi connectivity index (χ1) is 19.1. The van der Waals surface area contributed by atoms with Crippen LogP contribution in [-0.4, -0.2) is 145 Å². The first kappa shape index (κ1) is 38.6. The maximum atomic E-state index is 5.49. The Morgan fingerprint density at radius 2 is 0.487 bits per heavy atom. The zero-order chi connectivity index (χ0) is 28.5. The van der Waals surface area contributed by atoms with E-state index in [-0.39, 0.29) is 6.10 Å².